The number of hydrogen-bond acceptors (Lipinski definition) is 2. The third-order valence-corrected chi connectivity index (χ3v) is 2.94. The molecule has 0 aromatic carbocycles. The highest BCUT2D eigenvalue weighted by Crippen LogP contribution is 2.12. The standard InChI is InChI=1S/C11H24NO2/c1-7-10(8-2)14-11(13)12(5,6)9(3)4/h9-10H,7-8H2,1-6H3/q+1. The van der Waals surface area contributed by atoms with Crippen LogP contribution in [0.15, 0.2) is 0 Å². The predicted molar refractivity (Wildman–Crippen MR) is 58.1 cm³/mol. The average molecular weight is 202 g/mol. The Bertz CT molecular complexity index is 184. The Morgan fingerprint density at radius 2 is 1.64 bits per heavy atom. The van der Waals surface area contributed by atoms with Crippen molar-refractivity contribution in [3.05, 3.63) is 0 Å². The zero-order chi connectivity index (χ0) is 11.4. The summed E-state index contributed by atoms with van der Waals surface area (Å²) in [7, 11) is 3.77. The van der Waals surface area contributed by atoms with Gasteiger partial charge in [0.2, 0.25) is 0 Å². The molecule has 84 valence electrons. The van der Waals surface area contributed by atoms with Crippen molar-refractivity contribution in [1.82, 2.24) is 0 Å². The quantitative estimate of drug-likeness (QED) is 0.655. The summed E-state index contributed by atoms with van der Waals surface area (Å²) < 4.78 is 5.70. The first kappa shape index (κ1) is 13.4. The van der Waals surface area contributed by atoms with Gasteiger partial charge in [-0.25, -0.2) is 4.48 Å². The van der Waals surface area contributed by atoms with E-state index in [4.69, 9.17) is 4.74 Å². The molecule has 0 fully saturated rings. The molecule has 14 heavy (non-hydrogen) atoms. The van der Waals surface area contributed by atoms with Crippen LogP contribution in [0.2, 0.25) is 0 Å². The second kappa shape index (κ2) is 5.35. The summed E-state index contributed by atoms with van der Waals surface area (Å²) in [5.41, 5.74) is 0. The topological polar surface area (TPSA) is 26.3 Å². The van der Waals surface area contributed by atoms with Crippen LogP contribution in [0, 0.1) is 0 Å². The number of amides is 1. The SMILES string of the molecule is CCC(CC)OC(=O)[N+](C)(C)C(C)C. The minimum absolute atomic E-state index is 0.0682. The van der Waals surface area contributed by atoms with Gasteiger partial charge in [-0.05, 0) is 26.7 Å². The Morgan fingerprint density at radius 3 is 1.93 bits per heavy atom. The van der Waals surface area contributed by atoms with Crippen LogP contribution in [0.3, 0.4) is 0 Å². The highest BCUT2D eigenvalue weighted by molar-refractivity contribution is 5.59. The molecule has 0 saturated carbocycles. The molecule has 0 aromatic heterocycles. The highest BCUT2D eigenvalue weighted by Gasteiger charge is 2.33. The van der Waals surface area contributed by atoms with E-state index in [2.05, 4.69) is 0 Å². The van der Waals surface area contributed by atoms with E-state index in [-0.39, 0.29) is 22.7 Å². The van der Waals surface area contributed by atoms with E-state index in [9.17, 15) is 4.79 Å². The van der Waals surface area contributed by atoms with Crippen LogP contribution in [0.1, 0.15) is 40.5 Å². The molecule has 0 aromatic rings. The number of rotatable bonds is 4. The number of carbonyl (C=O) groups is 1. The van der Waals surface area contributed by atoms with Crippen molar-refractivity contribution in [2.45, 2.75) is 52.7 Å². The first-order valence-electron chi connectivity index (χ1n) is 5.41. The maximum Gasteiger partial charge on any atom is 0.516 e. The van der Waals surface area contributed by atoms with Crippen LogP contribution in [-0.4, -0.2) is 36.8 Å². The fourth-order valence-electron chi connectivity index (χ4n) is 0.945. The Morgan fingerprint density at radius 1 is 1.21 bits per heavy atom. The number of carbonyl (C=O) groups excluding carboxylic acids is 1. The van der Waals surface area contributed by atoms with Crippen LogP contribution >= 0.6 is 0 Å². The molecule has 0 N–H and O–H groups in total. The van der Waals surface area contributed by atoms with Gasteiger partial charge >= 0.3 is 6.09 Å². The first-order valence-corrected chi connectivity index (χ1v) is 5.41. The number of quaternary nitrogens is 1. The van der Waals surface area contributed by atoms with E-state index in [0.717, 1.165) is 12.8 Å². The molecule has 0 atom stereocenters. The van der Waals surface area contributed by atoms with Gasteiger partial charge in [0.05, 0.1) is 20.1 Å². The average Bonchev–Trinajstić information content (AvgIpc) is 2.13. The minimum atomic E-state index is -0.131. The molecule has 0 aliphatic rings. The van der Waals surface area contributed by atoms with E-state index in [1.165, 1.54) is 0 Å². The fraction of sp³-hybridized carbons (Fsp3) is 0.909. The van der Waals surface area contributed by atoms with E-state index >= 15 is 0 Å². The second-order valence-corrected chi connectivity index (χ2v) is 4.46. The van der Waals surface area contributed by atoms with E-state index in [1.807, 2.05) is 41.8 Å². The Balaban J connectivity index is 4.33. The molecular formula is C11H24NO2+. The molecular weight excluding hydrogens is 178 g/mol. The maximum atomic E-state index is 11.8. The second-order valence-electron chi connectivity index (χ2n) is 4.46. The van der Waals surface area contributed by atoms with Crippen LogP contribution in [0.25, 0.3) is 0 Å². The van der Waals surface area contributed by atoms with Crippen LogP contribution in [0.4, 0.5) is 4.79 Å². The number of hydrogen-bond donors (Lipinski definition) is 0. The lowest BCUT2D eigenvalue weighted by Crippen LogP contribution is -2.51. The van der Waals surface area contributed by atoms with Crippen molar-refractivity contribution in [1.29, 1.82) is 0 Å². The molecule has 0 radical (unpaired) electrons. The van der Waals surface area contributed by atoms with Crippen LogP contribution in [-0.2, 0) is 4.74 Å². The van der Waals surface area contributed by atoms with Gasteiger partial charge in [-0.1, -0.05) is 13.8 Å². The van der Waals surface area contributed by atoms with Gasteiger partial charge < -0.3 is 4.74 Å². The summed E-state index contributed by atoms with van der Waals surface area (Å²) in [4.78, 5) is 11.8. The highest BCUT2D eigenvalue weighted by atomic mass is 16.6. The molecule has 0 aliphatic heterocycles. The van der Waals surface area contributed by atoms with Crippen molar-refractivity contribution in [3.8, 4) is 0 Å². The fourth-order valence-corrected chi connectivity index (χ4v) is 0.945. The lowest BCUT2D eigenvalue weighted by molar-refractivity contribution is -0.840. The van der Waals surface area contributed by atoms with E-state index in [0.29, 0.717) is 0 Å². The molecule has 0 bridgehead atoms. The van der Waals surface area contributed by atoms with Gasteiger partial charge in [0.15, 0.2) is 0 Å². The minimum Gasteiger partial charge on any atom is -0.417 e. The summed E-state index contributed by atoms with van der Waals surface area (Å²) in [5.74, 6) is 0. The molecule has 0 unspecified atom stereocenters. The molecule has 0 spiro atoms. The summed E-state index contributed by atoms with van der Waals surface area (Å²) in [6, 6.07) is 0.247. The largest absolute Gasteiger partial charge is 0.516 e. The lowest BCUT2D eigenvalue weighted by atomic mass is 10.2. The molecule has 0 aliphatic carbocycles. The maximum absolute atomic E-state index is 11.8. The smallest absolute Gasteiger partial charge is 0.417 e. The third kappa shape index (κ3) is 3.29. The monoisotopic (exact) mass is 202 g/mol. The van der Waals surface area contributed by atoms with E-state index in [1.54, 1.807) is 0 Å². The summed E-state index contributed by atoms with van der Waals surface area (Å²) in [5, 5.41) is 0. The van der Waals surface area contributed by atoms with E-state index < -0.39 is 0 Å². The van der Waals surface area contributed by atoms with Gasteiger partial charge in [-0.15, -0.1) is 0 Å². The van der Waals surface area contributed by atoms with Crippen molar-refractivity contribution >= 4 is 6.09 Å². The van der Waals surface area contributed by atoms with Gasteiger partial charge in [0.1, 0.15) is 6.10 Å². The van der Waals surface area contributed by atoms with Gasteiger partial charge in [0.25, 0.3) is 0 Å². The van der Waals surface area contributed by atoms with Crippen molar-refractivity contribution in [2.75, 3.05) is 14.1 Å². The Labute approximate surface area is 87.6 Å². The lowest BCUT2D eigenvalue weighted by Gasteiger charge is -2.30. The number of nitrogens with zero attached hydrogens (tertiary/aromatic N) is 1. The Kier molecular flexibility index (Phi) is 5.13. The molecule has 1 amide bonds. The summed E-state index contributed by atoms with van der Waals surface area (Å²) >= 11 is 0. The van der Waals surface area contributed by atoms with Crippen molar-refractivity contribution in [2.24, 2.45) is 0 Å². The molecule has 0 heterocycles. The third-order valence-electron chi connectivity index (χ3n) is 2.94. The molecule has 3 nitrogen and oxygen atoms in total. The molecule has 0 saturated heterocycles. The predicted octanol–water partition coefficient (Wildman–Crippen LogP) is 2.80. The normalized spacial score (nSPS) is 12.3. The Hall–Kier alpha value is -0.570. The summed E-state index contributed by atoms with van der Waals surface area (Å²) in [6.07, 6.45) is 1.72. The first-order chi connectivity index (χ1) is 6.36. The molecule has 3 heteroatoms. The van der Waals surface area contributed by atoms with Gasteiger partial charge in [-0.2, -0.15) is 4.79 Å². The zero-order valence-corrected chi connectivity index (χ0v) is 10.3. The van der Waals surface area contributed by atoms with Crippen LogP contribution in [0.5, 0.6) is 0 Å². The van der Waals surface area contributed by atoms with Gasteiger partial charge in [0, 0.05) is 0 Å². The zero-order valence-electron chi connectivity index (χ0n) is 10.3. The number of ether oxygens (including phenoxy) is 1. The summed E-state index contributed by atoms with van der Waals surface area (Å²) in [6.45, 7) is 8.12. The van der Waals surface area contributed by atoms with Gasteiger partial charge in [-0.3, -0.25) is 0 Å². The van der Waals surface area contributed by atoms with Crippen molar-refractivity contribution in [3.63, 3.8) is 0 Å². The van der Waals surface area contributed by atoms with Crippen LogP contribution < -0.4 is 0 Å². The van der Waals surface area contributed by atoms with Crippen molar-refractivity contribution < 1.29 is 14.0 Å². The molecule has 0 rings (SSSR count).